The number of aryl methyl sites for hydroxylation is 1. The second-order valence-electron chi connectivity index (χ2n) is 3.82. The van der Waals surface area contributed by atoms with Gasteiger partial charge in [0, 0.05) is 18.7 Å². The Kier molecular flexibility index (Phi) is 3.50. The Morgan fingerprint density at radius 3 is 2.82 bits per heavy atom. The van der Waals surface area contributed by atoms with Crippen LogP contribution in [0.3, 0.4) is 0 Å². The highest BCUT2D eigenvalue weighted by molar-refractivity contribution is 5.46. The number of nitrogens with zero attached hydrogens (tertiary/aromatic N) is 3. The van der Waals surface area contributed by atoms with E-state index in [1.807, 2.05) is 5.01 Å². The number of hydrazine groups is 1. The normalized spacial score (nSPS) is 16.8. The first-order valence-electron chi connectivity index (χ1n) is 5.37. The zero-order valence-electron chi connectivity index (χ0n) is 9.55. The summed E-state index contributed by atoms with van der Waals surface area (Å²) in [6.07, 6.45) is 1.28. The van der Waals surface area contributed by atoms with Crippen molar-refractivity contribution in [2.75, 3.05) is 31.7 Å². The summed E-state index contributed by atoms with van der Waals surface area (Å²) in [6.45, 7) is 4.61. The minimum Gasteiger partial charge on any atom is -0.379 e. The first kappa shape index (κ1) is 11.7. The van der Waals surface area contributed by atoms with Crippen LogP contribution in [-0.2, 0) is 4.74 Å². The Balaban J connectivity index is 2.06. The molecule has 0 atom stereocenters. The predicted molar refractivity (Wildman–Crippen MR) is 61.6 cm³/mol. The molecule has 0 aromatic carbocycles. The summed E-state index contributed by atoms with van der Waals surface area (Å²) in [5.74, 6) is 0.620. The molecule has 0 bridgehead atoms. The van der Waals surface area contributed by atoms with Gasteiger partial charge in [0.05, 0.1) is 18.1 Å². The topological polar surface area (TPSA) is 80.5 Å². The summed E-state index contributed by atoms with van der Waals surface area (Å²) >= 11 is 0. The molecule has 17 heavy (non-hydrogen) atoms. The van der Waals surface area contributed by atoms with Gasteiger partial charge in [0.2, 0.25) is 0 Å². The molecule has 1 fully saturated rings. The number of pyridine rings is 1. The summed E-state index contributed by atoms with van der Waals surface area (Å²) in [4.78, 5) is 14.2. The van der Waals surface area contributed by atoms with E-state index in [9.17, 15) is 10.1 Å². The monoisotopic (exact) mass is 238 g/mol. The standard InChI is InChI=1S/C10H14N4O3/c1-8-6-10(11-7-9(8)14(15)16)12-13-2-4-17-5-3-13/h6-7H,2-5H2,1H3,(H,11,12). The molecule has 1 saturated heterocycles. The molecular weight excluding hydrogens is 224 g/mol. The smallest absolute Gasteiger partial charge is 0.290 e. The van der Waals surface area contributed by atoms with E-state index in [1.165, 1.54) is 6.20 Å². The van der Waals surface area contributed by atoms with Crippen molar-refractivity contribution in [3.8, 4) is 0 Å². The van der Waals surface area contributed by atoms with E-state index in [-0.39, 0.29) is 5.69 Å². The van der Waals surface area contributed by atoms with E-state index in [0.717, 1.165) is 13.1 Å². The Morgan fingerprint density at radius 2 is 2.24 bits per heavy atom. The van der Waals surface area contributed by atoms with E-state index in [1.54, 1.807) is 13.0 Å². The van der Waals surface area contributed by atoms with Crippen molar-refractivity contribution in [1.29, 1.82) is 0 Å². The van der Waals surface area contributed by atoms with Crippen molar-refractivity contribution >= 4 is 11.5 Å². The molecule has 1 aromatic rings. The highest BCUT2D eigenvalue weighted by atomic mass is 16.6. The maximum Gasteiger partial charge on any atom is 0.290 e. The zero-order valence-corrected chi connectivity index (χ0v) is 9.55. The number of morpholine rings is 1. The number of nitro groups is 1. The van der Waals surface area contributed by atoms with Gasteiger partial charge < -0.3 is 10.2 Å². The number of ether oxygens (including phenoxy) is 1. The zero-order chi connectivity index (χ0) is 12.3. The van der Waals surface area contributed by atoms with Crippen LogP contribution in [0.1, 0.15) is 5.56 Å². The van der Waals surface area contributed by atoms with Crippen LogP contribution in [0.5, 0.6) is 0 Å². The minimum atomic E-state index is -0.430. The molecule has 0 amide bonds. The molecule has 2 rings (SSSR count). The molecule has 1 aromatic heterocycles. The van der Waals surface area contributed by atoms with Crippen molar-refractivity contribution in [1.82, 2.24) is 9.99 Å². The Hall–Kier alpha value is -1.73. The molecule has 0 radical (unpaired) electrons. The number of hydrogen-bond acceptors (Lipinski definition) is 6. The third-order valence-corrected chi connectivity index (χ3v) is 2.56. The predicted octanol–water partition coefficient (Wildman–Crippen LogP) is 0.957. The fraction of sp³-hybridized carbons (Fsp3) is 0.500. The number of hydrogen-bond donors (Lipinski definition) is 1. The number of aromatic nitrogens is 1. The van der Waals surface area contributed by atoms with Gasteiger partial charge in [-0.3, -0.25) is 10.1 Å². The molecule has 92 valence electrons. The van der Waals surface area contributed by atoms with Gasteiger partial charge in [-0.15, -0.1) is 0 Å². The summed E-state index contributed by atoms with van der Waals surface area (Å²) in [6, 6.07) is 1.67. The fourth-order valence-corrected chi connectivity index (χ4v) is 1.64. The average molecular weight is 238 g/mol. The van der Waals surface area contributed by atoms with Gasteiger partial charge in [-0.1, -0.05) is 0 Å². The number of anilines is 1. The van der Waals surface area contributed by atoms with Gasteiger partial charge in [0.25, 0.3) is 5.69 Å². The van der Waals surface area contributed by atoms with Gasteiger partial charge >= 0.3 is 0 Å². The van der Waals surface area contributed by atoms with Gasteiger partial charge in [0.1, 0.15) is 12.0 Å². The average Bonchev–Trinajstić information content (AvgIpc) is 2.30. The lowest BCUT2D eigenvalue weighted by atomic mass is 10.2. The Morgan fingerprint density at radius 1 is 1.53 bits per heavy atom. The first-order chi connectivity index (χ1) is 8.16. The second-order valence-corrected chi connectivity index (χ2v) is 3.82. The van der Waals surface area contributed by atoms with E-state index in [4.69, 9.17) is 4.74 Å². The van der Waals surface area contributed by atoms with Crippen LogP contribution in [0.15, 0.2) is 12.3 Å². The molecule has 0 spiro atoms. The van der Waals surface area contributed by atoms with Crippen molar-refractivity contribution < 1.29 is 9.66 Å². The second kappa shape index (κ2) is 5.07. The van der Waals surface area contributed by atoms with Crippen molar-refractivity contribution in [2.24, 2.45) is 0 Å². The molecule has 7 nitrogen and oxygen atoms in total. The maximum atomic E-state index is 10.6. The lowest BCUT2D eigenvalue weighted by Crippen LogP contribution is -2.40. The molecular formula is C10H14N4O3. The van der Waals surface area contributed by atoms with Crippen molar-refractivity contribution in [3.63, 3.8) is 0 Å². The quantitative estimate of drug-likeness (QED) is 0.624. The van der Waals surface area contributed by atoms with Crippen molar-refractivity contribution in [2.45, 2.75) is 6.92 Å². The lowest BCUT2D eigenvalue weighted by molar-refractivity contribution is -0.385. The van der Waals surface area contributed by atoms with Crippen LogP contribution in [0, 0.1) is 17.0 Å². The summed E-state index contributed by atoms with van der Waals surface area (Å²) in [7, 11) is 0. The van der Waals surface area contributed by atoms with Crippen LogP contribution in [0.25, 0.3) is 0 Å². The molecule has 1 aliphatic heterocycles. The SMILES string of the molecule is Cc1cc(NN2CCOCC2)ncc1[N+](=O)[O-]. The van der Waals surface area contributed by atoms with Crippen molar-refractivity contribution in [3.05, 3.63) is 27.9 Å². The molecule has 0 unspecified atom stereocenters. The van der Waals surface area contributed by atoms with Crippen LogP contribution in [0.2, 0.25) is 0 Å². The van der Waals surface area contributed by atoms with E-state index in [2.05, 4.69) is 10.4 Å². The van der Waals surface area contributed by atoms with Crippen LogP contribution in [-0.4, -0.2) is 41.2 Å². The highest BCUT2D eigenvalue weighted by Crippen LogP contribution is 2.19. The summed E-state index contributed by atoms with van der Waals surface area (Å²) in [5, 5.41) is 12.6. The van der Waals surface area contributed by atoms with Crippen LogP contribution in [0.4, 0.5) is 11.5 Å². The molecule has 1 aliphatic rings. The van der Waals surface area contributed by atoms with Gasteiger partial charge in [-0.25, -0.2) is 9.99 Å². The van der Waals surface area contributed by atoms with E-state index >= 15 is 0 Å². The molecule has 2 heterocycles. The largest absolute Gasteiger partial charge is 0.379 e. The third-order valence-electron chi connectivity index (χ3n) is 2.56. The number of rotatable bonds is 3. The van der Waals surface area contributed by atoms with Crippen LogP contribution < -0.4 is 5.43 Å². The van der Waals surface area contributed by atoms with E-state index < -0.39 is 4.92 Å². The molecule has 7 heteroatoms. The fourth-order valence-electron chi connectivity index (χ4n) is 1.64. The Labute approximate surface area is 98.5 Å². The third kappa shape index (κ3) is 2.89. The Bertz CT molecular complexity index is 418. The lowest BCUT2D eigenvalue weighted by Gasteiger charge is -2.27. The molecule has 1 N–H and O–H groups in total. The van der Waals surface area contributed by atoms with Gasteiger partial charge in [0.15, 0.2) is 0 Å². The van der Waals surface area contributed by atoms with Gasteiger partial charge in [-0.05, 0) is 13.0 Å². The van der Waals surface area contributed by atoms with E-state index in [0.29, 0.717) is 24.6 Å². The summed E-state index contributed by atoms with van der Waals surface area (Å²) < 4.78 is 5.22. The summed E-state index contributed by atoms with van der Waals surface area (Å²) in [5.41, 5.74) is 3.74. The van der Waals surface area contributed by atoms with Gasteiger partial charge in [-0.2, -0.15) is 0 Å². The molecule has 0 saturated carbocycles. The maximum absolute atomic E-state index is 10.6. The highest BCUT2D eigenvalue weighted by Gasteiger charge is 2.14. The van der Waals surface area contributed by atoms with Crippen LogP contribution >= 0.6 is 0 Å². The first-order valence-corrected chi connectivity index (χ1v) is 5.37. The molecule has 0 aliphatic carbocycles. The minimum absolute atomic E-state index is 0.0394. The number of nitrogens with one attached hydrogen (secondary N) is 1.